The van der Waals surface area contributed by atoms with Crippen molar-refractivity contribution < 1.29 is 44.8 Å². The van der Waals surface area contributed by atoms with Crippen molar-refractivity contribution in [1.82, 2.24) is 5.32 Å². The Balaban J connectivity index is 2.50. The fourth-order valence-corrected chi connectivity index (χ4v) is 7.30. The van der Waals surface area contributed by atoms with E-state index in [0.29, 0.717) is 42.2 Å². The number of hydrogen-bond acceptors (Lipinski definition) is 6. The minimum Gasteiger partial charge on any atom is -0.487 e. The molecule has 0 saturated heterocycles. The molecule has 2 aromatic rings. The number of thioether (sulfide) groups is 1. The highest BCUT2D eigenvalue weighted by Crippen LogP contribution is 2.45. The van der Waals surface area contributed by atoms with Crippen LogP contribution in [0.1, 0.15) is 74.7 Å². The first-order chi connectivity index (χ1) is 23.2. The van der Waals surface area contributed by atoms with Crippen molar-refractivity contribution >= 4 is 32.6 Å². The summed E-state index contributed by atoms with van der Waals surface area (Å²) in [4.78, 5) is 31.0. The Bertz CT molecular complexity index is 1630. The number of benzene rings is 2. The molecule has 2 atom stereocenters. The zero-order chi connectivity index (χ0) is 37.9. The molecule has 0 radical (unpaired) electrons. The zero-order valence-corrected chi connectivity index (χ0v) is 31.2. The quantitative estimate of drug-likeness (QED) is 0.0389. The van der Waals surface area contributed by atoms with E-state index >= 15 is 17.6 Å². The predicted octanol–water partition coefficient (Wildman–Crippen LogP) is 7.11. The average Bonchev–Trinajstić information content (AvgIpc) is 3.03. The zero-order valence-electron chi connectivity index (χ0n) is 29.6. The Morgan fingerprint density at radius 3 is 2.14 bits per heavy atom. The Labute approximate surface area is 298 Å². The van der Waals surface area contributed by atoms with Gasteiger partial charge in [-0.05, 0) is 25.7 Å². The van der Waals surface area contributed by atoms with Gasteiger partial charge < -0.3 is 19.4 Å². The lowest BCUT2D eigenvalue weighted by atomic mass is 9.79. The van der Waals surface area contributed by atoms with Crippen LogP contribution in [0.3, 0.4) is 0 Å². The smallest absolute Gasteiger partial charge is 0.236 e. The first-order valence-corrected chi connectivity index (χ1v) is 19.1. The molecule has 1 amide bonds. The van der Waals surface area contributed by atoms with Gasteiger partial charge in [0.15, 0.2) is 17.4 Å². The lowest BCUT2D eigenvalue weighted by molar-refractivity contribution is -0.890. The van der Waals surface area contributed by atoms with Gasteiger partial charge in [-0.3, -0.25) is 9.59 Å². The third kappa shape index (κ3) is 12.7. The van der Waals surface area contributed by atoms with Crippen LogP contribution in [-0.2, 0) is 14.6 Å². The standard InChI is InChI=1S/C36H47F4N3O5S2/c1-9-10-21-48-32-30(39)28(37)27(29(38)31(32)40)26(23-35(2,3)41-5)24-36(4,49-33(44)25-16-12-11-13-17-25)34(45)42-18-14-19-43(6,7)20-15-22-50(8,46)47/h9,11-13,16-17,26H,1,10,14-15,18-24H2,2-4,6-8H3/p+1. The average molecular weight is 743 g/mol. The highest BCUT2D eigenvalue weighted by Gasteiger charge is 2.44. The summed E-state index contributed by atoms with van der Waals surface area (Å²) in [5.74, 6) is -10.1. The van der Waals surface area contributed by atoms with Gasteiger partial charge in [0.05, 0.1) is 44.3 Å². The van der Waals surface area contributed by atoms with Crippen LogP contribution in [0.15, 0.2) is 43.0 Å². The molecule has 0 spiro atoms. The molecule has 0 bridgehead atoms. The van der Waals surface area contributed by atoms with E-state index in [0.717, 1.165) is 0 Å². The van der Waals surface area contributed by atoms with Crippen LogP contribution >= 0.6 is 11.8 Å². The maximum atomic E-state index is 15.8. The maximum absolute atomic E-state index is 15.8. The van der Waals surface area contributed by atoms with Crippen LogP contribution in [0.25, 0.3) is 4.85 Å². The summed E-state index contributed by atoms with van der Waals surface area (Å²) in [5, 5.41) is 2.30. The van der Waals surface area contributed by atoms with Gasteiger partial charge in [-0.1, -0.05) is 48.2 Å². The Hall–Kier alpha value is -3.41. The third-order valence-corrected chi connectivity index (χ3v) is 10.5. The van der Waals surface area contributed by atoms with Gasteiger partial charge >= 0.3 is 0 Å². The Kier molecular flexibility index (Phi) is 15.6. The largest absolute Gasteiger partial charge is 0.487 e. The fraction of sp³-hybridized carbons (Fsp3) is 0.528. The normalized spacial score (nSPS) is 13.9. The van der Waals surface area contributed by atoms with Crippen molar-refractivity contribution in [2.24, 2.45) is 0 Å². The molecular weight excluding hydrogens is 695 g/mol. The molecule has 1 N–H and O–H groups in total. The van der Waals surface area contributed by atoms with Gasteiger partial charge in [0.25, 0.3) is 0 Å². The summed E-state index contributed by atoms with van der Waals surface area (Å²) < 4.78 is 89.0. The number of nitrogens with zero attached hydrogens (tertiary/aromatic N) is 2. The van der Waals surface area contributed by atoms with Gasteiger partial charge in [0.1, 0.15) is 9.84 Å². The second kappa shape index (κ2) is 18.2. The molecule has 0 aliphatic rings. The van der Waals surface area contributed by atoms with Crippen molar-refractivity contribution in [3.63, 3.8) is 0 Å². The van der Waals surface area contributed by atoms with Crippen molar-refractivity contribution in [2.75, 3.05) is 52.3 Å². The molecule has 0 aliphatic heterocycles. The maximum Gasteiger partial charge on any atom is 0.236 e. The molecule has 0 fully saturated rings. The number of amides is 1. The van der Waals surface area contributed by atoms with Crippen molar-refractivity contribution in [3.8, 4) is 5.75 Å². The molecule has 0 saturated carbocycles. The van der Waals surface area contributed by atoms with E-state index in [1.165, 1.54) is 33.1 Å². The van der Waals surface area contributed by atoms with E-state index in [9.17, 15) is 18.0 Å². The molecule has 14 heteroatoms. The van der Waals surface area contributed by atoms with E-state index < -0.39 is 78.1 Å². The minimum atomic E-state index is -3.10. The first-order valence-electron chi connectivity index (χ1n) is 16.2. The van der Waals surface area contributed by atoms with Crippen molar-refractivity contribution in [3.05, 3.63) is 88.8 Å². The number of halogens is 4. The molecule has 8 nitrogen and oxygen atoms in total. The summed E-state index contributed by atoms with van der Waals surface area (Å²) in [7, 11) is 0.766. The molecule has 2 aromatic carbocycles. The van der Waals surface area contributed by atoms with Gasteiger partial charge in [-0.25, -0.2) is 23.8 Å². The number of quaternary nitrogens is 1. The van der Waals surface area contributed by atoms with Crippen LogP contribution < -0.4 is 10.1 Å². The van der Waals surface area contributed by atoms with Gasteiger partial charge in [0.2, 0.25) is 28.2 Å². The molecular formula is C36H48F4N3O5S2+. The number of carbonyl (C=O) groups excluding carboxylic acids is 2. The number of hydrogen-bond donors (Lipinski definition) is 1. The molecule has 0 heterocycles. The molecule has 0 aromatic heterocycles. The Morgan fingerprint density at radius 1 is 1.02 bits per heavy atom. The number of sulfone groups is 1. The predicted molar refractivity (Wildman–Crippen MR) is 190 cm³/mol. The van der Waals surface area contributed by atoms with Crippen LogP contribution in [0.2, 0.25) is 0 Å². The summed E-state index contributed by atoms with van der Waals surface area (Å²) in [5.41, 5.74) is -1.99. The van der Waals surface area contributed by atoms with E-state index in [1.807, 2.05) is 14.1 Å². The molecule has 0 aliphatic carbocycles. The van der Waals surface area contributed by atoms with E-state index in [2.05, 4.69) is 16.7 Å². The van der Waals surface area contributed by atoms with E-state index in [-0.39, 0.29) is 37.3 Å². The lowest BCUT2D eigenvalue weighted by Gasteiger charge is -2.33. The van der Waals surface area contributed by atoms with Crippen LogP contribution in [-0.4, -0.2) is 86.6 Å². The minimum absolute atomic E-state index is 0.0575. The van der Waals surface area contributed by atoms with Crippen molar-refractivity contribution in [1.29, 1.82) is 0 Å². The second-order valence-corrected chi connectivity index (χ2v) is 17.7. The lowest BCUT2D eigenvalue weighted by Crippen LogP contribution is -2.46. The summed E-state index contributed by atoms with van der Waals surface area (Å²) >= 11 is 0.623. The first kappa shape index (κ1) is 42.8. The van der Waals surface area contributed by atoms with Gasteiger partial charge in [-0.2, -0.15) is 8.78 Å². The summed E-state index contributed by atoms with van der Waals surface area (Å²) in [6, 6.07) is 8.07. The fourth-order valence-electron chi connectivity index (χ4n) is 5.53. The van der Waals surface area contributed by atoms with Crippen LogP contribution in [0.5, 0.6) is 5.75 Å². The van der Waals surface area contributed by atoms with E-state index in [4.69, 9.17) is 11.3 Å². The second-order valence-electron chi connectivity index (χ2n) is 13.9. The Morgan fingerprint density at radius 2 is 1.60 bits per heavy atom. The number of carbonyl (C=O) groups is 2. The van der Waals surface area contributed by atoms with Gasteiger partial charge in [0, 0.05) is 57.0 Å². The highest BCUT2D eigenvalue weighted by atomic mass is 32.2. The molecule has 2 rings (SSSR count). The highest BCUT2D eigenvalue weighted by molar-refractivity contribution is 8.15. The summed E-state index contributed by atoms with van der Waals surface area (Å²) in [6.45, 7) is 16.6. The summed E-state index contributed by atoms with van der Waals surface area (Å²) in [6.07, 6.45) is 2.92. The van der Waals surface area contributed by atoms with E-state index in [1.54, 1.807) is 30.3 Å². The topological polar surface area (TPSA) is 93.9 Å². The van der Waals surface area contributed by atoms with Gasteiger partial charge in [-0.15, -0.1) is 6.58 Å². The molecule has 2 unspecified atom stereocenters. The van der Waals surface area contributed by atoms with Crippen LogP contribution in [0.4, 0.5) is 17.6 Å². The van der Waals surface area contributed by atoms with Crippen molar-refractivity contribution in [2.45, 2.75) is 69.1 Å². The SMILES string of the molecule is [C-]#[N+]C(C)(C)CC(CC(C)(SC(=O)c1ccccc1)C(=O)NCCC[N+](C)(C)CCCS(C)(=O)=O)c1c(F)c(F)c(OCCC=C)c(F)c1F. The molecule has 50 heavy (non-hydrogen) atoms. The monoisotopic (exact) mass is 742 g/mol. The number of rotatable bonds is 20. The van der Waals surface area contributed by atoms with Crippen LogP contribution in [0, 0.1) is 29.8 Å². The number of ether oxygens (including phenoxy) is 1. The third-order valence-electron chi connectivity index (χ3n) is 8.23. The number of nitrogens with one attached hydrogen (secondary N) is 1. The molecule has 276 valence electrons.